The molecule has 0 aromatic rings. The highest BCUT2D eigenvalue weighted by molar-refractivity contribution is 9.11. The van der Waals surface area contributed by atoms with Crippen molar-refractivity contribution in [2.24, 2.45) is 0 Å². The average molecular weight is 205 g/mol. The topological polar surface area (TPSA) is 17.1 Å². The molecule has 0 aromatic carbocycles. The number of aldehydes is 1. The van der Waals surface area contributed by atoms with Crippen molar-refractivity contribution in [3.05, 3.63) is 22.7 Å². The lowest BCUT2D eigenvalue weighted by Crippen LogP contribution is -2.22. The molecule has 3 heteroatoms. The van der Waals surface area contributed by atoms with Crippen molar-refractivity contribution in [3.8, 4) is 0 Å². The van der Waals surface area contributed by atoms with Crippen LogP contribution in [-0.2, 0) is 4.79 Å². The zero-order valence-electron chi connectivity index (χ0n) is 5.18. The van der Waals surface area contributed by atoms with Crippen LogP contribution in [0.1, 0.15) is 6.42 Å². The van der Waals surface area contributed by atoms with Crippen LogP contribution in [0, 0.1) is 0 Å². The molecular formula is C7H6BrFO. The minimum atomic E-state index is -1.78. The number of rotatable bonds is 1. The number of alkyl halides is 1. The van der Waals surface area contributed by atoms with Crippen LogP contribution in [0.2, 0.25) is 0 Å². The van der Waals surface area contributed by atoms with Crippen molar-refractivity contribution >= 4 is 22.2 Å². The highest BCUT2D eigenvalue weighted by atomic mass is 79.9. The lowest BCUT2D eigenvalue weighted by Gasteiger charge is -2.14. The van der Waals surface area contributed by atoms with Gasteiger partial charge >= 0.3 is 0 Å². The van der Waals surface area contributed by atoms with Crippen LogP contribution < -0.4 is 0 Å². The molecule has 0 saturated carbocycles. The average Bonchev–Trinajstić information content (AvgIpc) is 1.88. The van der Waals surface area contributed by atoms with Crippen molar-refractivity contribution in [3.63, 3.8) is 0 Å². The Bertz CT molecular complexity index is 210. The van der Waals surface area contributed by atoms with E-state index >= 15 is 0 Å². The summed E-state index contributed by atoms with van der Waals surface area (Å²) in [6, 6.07) is 0. The largest absolute Gasteiger partial charge is 0.299 e. The zero-order valence-corrected chi connectivity index (χ0v) is 6.77. The van der Waals surface area contributed by atoms with Crippen molar-refractivity contribution in [1.82, 2.24) is 0 Å². The molecule has 1 aliphatic carbocycles. The maximum absolute atomic E-state index is 13.0. The Morgan fingerprint density at radius 1 is 1.80 bits per heavy atom. The molecule has 0 aromatic heterocycles. The zero-order chi connectivity index (χ0) is 7.61. The highest BCUT2D eigenvalue weighted by Gasteiger charge is 2.26. The van der Waals surface area contributed by atoms with Gasteiger partial charge in [0.2, 0.25) is 0 Å². The van der Waals surface area contributed by atoms with Crippen LogP contribution in [0.5, 0.6) is 0 Å². The van der Waals surface area contributed by atoms with Crippen molar-refractivity contribution < 1.29 is 9.18 Å². The monoisotopic (exact) mass is 204 g/mol. The van der Waals surface area contributed by atoms with E-state index in [2.05, 4.69) is 15.9 Å². The summed E-state index contributed by atoms with van der Waals surface area (Å²) < 4.78 is 13.6. The molecule has 10 heavy (non-hydrogen) atoms. The summed E-state index contributed by atoms with van der Waals surface area (Å²) in [5.74, 6) is 0. The molecule has 1 nitrogen and oxygen atoms in total. The number of halogens is 2. The fraction of sp³-hybridized carbons (Fsp3) is 0.286. The Labute approximate surface area is 66.7 Å². The Morgan fingerprint density at radius 2 is 2.50 bits per heavy atom. The number of carbonyl (C=O) groups excluding carboxylic acids is 1. The van der Waals surface area contributed by atoms with Crippen LogP contribution in [0.4, 0.5) is 4.39 Å². The second-order valence-electron chi connectivity index (χ2n) is 2.18. The second-order valence-corrected chi connectivity index (χ2v) is 3.10. The van der Waals surface area contributed by atoms with Gasteiger partial charge in [-0.15, -0.1) is 0 Å². The first-order valence-electron chi connectivity index (χ1n) is 2.86. The molecule has 1 rings (SSSR count). The van der Waals surface area contributed by atoms with E-state index in [-0.39, 0.29) is 6.42 Å². The quantitative estimate of drug-likeness (QED) is 0.599. The van der Waals surface area contributed by atoms with Gasteiger partial charge in [0, 0.05) is 10.9 Å². The molecule has 0 saturated heterocycles. The van der Waals surface area contributed by atoms with Crippen LogP contribution in [0.15, 0.2) is 22.7 Å². The van der Waals surface area contributed by atoms with E-state index in [4.69, 9.17) is 0 Å². The van der Waals surface area contributed by atoms with E-state index in [1.807, 2.05) is 0 Å². The molecule has 0 N–H and O–H groups in total. The summed E-state index contributed by atoms with van der Waals surface area (Å²) in [5.41, 5.74) is -1.78. The fourth-order valence-electron chi connectivity index (χ4n) is 0.771. The van der Waals surface area contributed by atoms with Crippen LogP contribution >= 0.6 is 15.9 Å². The van der Waals surface area contributed by atoms with Crippen LogP contribution in [0.3, 0.4) is 0 Å². The molecule has 0 amide bonds. The second kappa shape index (κ2) is 2.66. The van der Waals surface area contributed by atoms with Gasteiger partial charge in [0.25, 0.3) is 0 Å². The first-order valence-corrected chi connectivity index (χ1v) is 3.66. The molecule has 0 bridgehead atoms. The minimum absolute atomic E-state index is 0.144. The van der Waals surface area contributed by atoms with Gasteiger partial charge in [-0.1, -0.05) is 28.1 Å². The third kappa shape index (κ3) is 1.53. The summed E-state index contributed by atoms with van der Waals surface area (Å²) in [7, 11) is 0. The molecule has 1 aliphatic rings. The van der Waals surface area contributed by atoms with Crippen molar-refractivity contribution in [1.29, 1.82) is 0 Å². The first kappa shape index (κ1) is 7.66. The number of hydrogen-bond donors (Lipinski definition) is 0. The van der Waals surface area contributed by atoms with Gasteiger partial charge in [-0.3, -0.25) is 4.79 Å². The molecule has 0 aliphatic heterocycles. The van der Waals surface area contributed by atoms with Gasteiger partial charge in [0.05, 0.1) is 0 Å². The third-order valence-corrected chi connectivity index (χ3v) is 1.77. The Morgan fingerprint density at radius 3 is 2.90 bits per heavy atom. The molecule has 1 atom stereocenters. The molecule has 0 radical (unpaired) electrons. The van der Waals surface area contributed by atoms with Gasteiger partial charge in [-0.05, 0) is 6.08 Å². The maximum Gasteiger partial charge on any atom is 0.188 e. The normalized spacial score (nSPS) is 31.6. The lowest BCUT2D eigenvalue weighted by atomic mass is 10.00. The Kier molecular flexibility index (Phi) is 2.04. The van der Waals surface area contributed by atoms with Crippen LogP contribution in [0.25, 0.3) is 0 Å². The summed E-state index contributed by atoms with van der Waals surface area (Å²) >= 11 is 3.08. The Hall–Kier alpha value is -0.440. The highest BCUT2D eigenvalue weighted by Crippen LogP contribution is 2.25. The maximum atomic E-state index is 13.0. The van der Waals surface area contributed by atoms with E-state index in [0.29, 0.717) is 10.8 Å². The summed E-state index contributed by atoms with van der Waals surface area (Å²) in [5, 5.41) is 0. The smallest absolute Gasteiger partial charge is 0.188 e. The Balaban J connectivity index is 2.86. The van der Waals surface area contributed by atoms with Gasteiger partial charge in [-0.25, -0.2) is 4.39 Å². The van der Waals surface area contributed by atoms with Gasteiger partial charge in [0.15, 0.2) is 12.0 Å². The summed E-state index contributed by atoms with van der Waals surface area (Å²) in [6.45, 7) is 0. The minimum Gasteiger partial charge on any atom is -0.299 e. The van der Waals surface area contributed by atoms with Crippen molar-refractivity contribution in [2.45, 2.75) is 12.1 Å². The van der Waals surface area contributed by atoms with Crippen molar-refractivity contribution in [2.75, 3.05) is 0 Å². The summed E-state index contributed by atoms with van der Waals surface area (Å²) in [6.07, 6.45) is 5.07. The number of allylic oxidation sites excluding steroid dienone is 4. The van der Waals surface area contributed by atoms with E-state index in [1.54, 1.807) is 12.2 Å². The predicted molar refractivity (Wildman–Crippen MR) is 40.7 cm³/mol. The van der Waals surface area contributed by atoms with E-state index in [1.165, 1.54) is 6.08 Å². The molecule has 54 valence electrons. The van der Waals surface area contributed by atoms with Gasteiger partial charge in [-0.2, -0.15) is 0 Å². The standard InChI is InChI=1S/C7H6BrFO/c8-6-2-1-3-7(9,4-6)5-10/h1-2,4-5H,3H2. The molecular weight excluding hydrogens is 199 g/mol. The predicted octanol–water partition coefficient (Wildman–Crippen LogP) is 2.13. The van der Waals surface area contributed by atoms with E-state index < -0.39 is 5.67 Å². The van der Waals surface area contributed by atoms with Gasteiger partial charge in [0.1, 0.15) is 0 Å². The summed E-state index contributed by atoms with van der Waals surface area (Å²) in [4.78, 5) is 10.2. The van der Waals surface area contributed by atoms with Crippen LogP contribution in [-0.4, -0.2) is 12.0 Å². The molecule has 0 heterocycles. The van der Waals surface area contributed by atoms with E-state index in [0.717, 1.165) is 0 Å². The molecule has 0 spiro atoms. The fourth-order valence-corrected chi connectivity index (χ4v) is 1.34. The SMILES string of the molecule is O=CC1(F)C=C(Br)C=CC1. The third-order valence-electron chi connectivity index (χ3n) is 1.28. The first-order chi connectivity index (χ1) is 4.66. The number of hydrogen-bond acceptors (Lipinski definition) is 1. The lowest BCUT2D eigenvalue weighted by molar-refractivity contribution is -0.115. The molecule has 0 fully saturated rings. The molecule has 1 unspecified atom stereocenters. The van der Waals surface area contributed by atoms with Gasteiger partial charge < -0.3 is 0 Å². The number of carbonyl (C=O) groups is 1. The van der Waals surface area contributed by atoms with E-state index in [9.17, 15) is 9.18 Å².